The normalized spacial score (nSPS) is 10.2. The van der Waals surface area contributed by atoms with Crippen LogP contribution in [0.5, 0.6) is 5.75 Å². The second-order valence-corrected chi connectivity index (χ2v) is 5.41. The van der Waals surface area contributed by atoms with Crippen molar-refractivity contribution in [1.82, 2.24) is 0 Å². The van der Waals surface area contributed by atoms with Crippen molar-refractivity contribution < 1.29 is 9.53 Å². The van der Waals surface area contributed by atoms with Crippen molar-refractivity contribution in [3.8, 4) is 5.75 Å². The molecule has 4 nitrogen and oxygen atoms in total. The number of hydrogen-bond acceptors (Lipinski definition) is 3. The highest BCUT2D eigenvalue weighted by Crippen LogP contribution is 2.24. The summed E-state index contributed by atoms with van der Waals surface area (Å²) in [6.45, 7) is 1.76. The van der Waals surface area contributed by atoms with Crippen molar-refractivity contribution in [2.75, 3.05) is 17.7 Å². The lowest BCUT2D eigenvalue weighted by atomic mass is 10.2. The number of carbonyl (C=O) groups excluding carboxylic acids is 1. The van der Waals surface area contributed by atoms with Crippen LogP contribution in [0.2, 0.25) is 10.0 Å². The van der Waals surface area contributed by atoms with Crippen molar-refractivity contribution >= 4 is 40.5 Å². The minimum atomic E-state index is -0.318. The van der Waals surface area contributed by atoms with Gasteiger partial charge < -0.3 is 15.8 Å². The first-order chi connectivity index (χ1) is 9.94. The van der Waals surface area contributed by atoms with Crippen molar-refractivity contribution in [3.63, 3.8) is 0 Å². The molecule has 110 valence electrons. The summed E-state index contributed by atoms with van der Waals surface area (Å²) in [6.07, 6.45) is 0. The van der Waals surface area contributed by atoms with Crippen molar-refractivity contribution in [2.24, 2.45) is 0 Å². The van der Waals surface area contributed by atoms with Crippen molar-refractivity contribution in [1.29, 1.82) is 0 Å². The van der Waals surface area contributed by atoms with Crippen LogP contribution in [0.15, 0.2) is 36.4 Å². The standard InChI is InChI=1S/C15H14Cl2N2O2/c1-9-2-3-14(13(18)4-9)19-15(20)8-21-12-6-10(16)5-11(17)7-12/h2-7H,8,18H2,1H3,(H,19,20). The summed E-state index contributed by atoms with van der Waals surface area (Å²) in [5.41, 5.74) is 7.91. The Morgan fingerprint density at radius 1 is 1.19 bits per heavy atom. The Bertz CT molecular complexity index is 654. The molecule has 0 aliphatic carbocycles. The molecule has 2 rings (SSSR count). The molecule has 0 fully saturated rings. The van der Waals surface area contributed by atoms with E-state index in [-0.39, 0.29) is 12.5 Å². The molecule has 0 radical (unpaired) electrons. The van der Waals surface area contributed by atoms with Crippen LogP contribution in [-0.4, -0.2) is 12.5 Å². The van der Waals surface area contributed by atoms with Gasteiger partial charge in [0.1, 0.15) is 5.75 Å². The van der Waals surface area contributed by atoms with E-state index in [0.717, 1.165) is 5.56 Å². The SMILES string of the molecule is Cc1ccc(NC(=O)COc2cc(Cl)cc(Cl)c2)c(N)c1. The quantitative estimate of drug-likeness (QED) is 0.838. The lowest BCUT2D eigenvalue weighted by Gasteiger charge is -2.10. The zero-order valence-corrected chi connectivity index (χ0v) is 12.8. The number of aryl methyl sites for hydroxylation is 1. The van der Waals surface area contributed by atoms with Gasteiger partial charge in [0, 0.05) is 10.0 Å². The van der Waals surface area contributed by atoms with Gasteiger partial charge in [0.25, 0.3) is 5.91 Å². The number of nitrogens with one attached hydrogen (secondary N) is 1. The second kappa shape index (κ2) is 6.70. The Labute approximate surface area is 132 Å². The van der Waals surface area contributed by atoms with Gasteiger partial charge in [-0.3, -0.25) is 4.79 Å². The number of halogens is 2. The van der Waals surface area contributed by atoms with E-state index >= 15 is 0 Å². The predicted octanol–water partition coefficient (Wildman–Crippen LogP) is 3.90. The van der Waals surface area contributed by atoms with Gasteiger partial charge in [-0.25, -0.2) is 0 Å². The number of hydrogen-bond donors (Lipinski definition) is 2. The van der Waals surface area contributed by atoms with E-state index in [9.17, 15) is 4.79 Å². The third-order valence-electron chi connectivity index (χ3n) is 2.69. The van der Waals surface area contributed by atoms with Gasteiger partial charge in [-0.05, 0) is 42.8 Å². The molecule has 1 amide bonds. The molecule has 0 saturated heterocycles. The highest BCUT2D eigenvalue weighted by molar-refractivity contribution is 6.34. The molecule has 0 saturated carbocycles. The van der Waals surface area contributed by atoms with Crippen LogP contribution in [0, 0.1) is 6.92 Å². The van der Waals surface area contributed by atoms with Crippen LogP contribution >= 0.6 is 23.2 Å². The molecule has 2 aromatic carbocycles. The van der Waals surface area contributed by atoms with Crippen molar-refractivity contribution in [2.45, 2.75) is 6.92 Å². The number of benzene rings is 2. The minimum Gasteiger partial charge on any atom is -0.484 e. The van der Waals surface area contributed by atoms with Crippen LogP contribution in [0.3, 0.4) is 0 Å². The lowest BCUT2D eigenvalue weighted by Crippen LogP contribution is -2.20. The lowest BCUT2D eigenvalue weighted by molar-refractivity contribution is -0.118. The van der Waals surface area contributed by atoms with Gasteiger partial charge in [0.15, 0.2) is 6.61 Å². The van der Waals surface area contributed by atoms with E-state index in [4.69, 9.17) is 33.7 Å². The third kappa shape index (κ3) is 4.55. The molecule has 0 aromatic heterocycles. The largest absolute Gasteiger partial charge is 0.484 e. The van der Waals surface area contributed by atoms with Crippen LogP contribution in [-0.2, 0) is 4.79 Å². The Balaban J connectivity index is 1.95. The summed E-state index contributed by atoms with van der Waals surface area (Å²) >= 11 is 11.7. The van der Waals surface area contributed by atoms with Gasteiger partial charge in [-0.1, -0.05) is 29.3 Å². The number of nitrogens with two attached hydrogens (primary N) is 1. The molecule has 2 aromatic rings. The maximum atomic E-state index is 11.8. The van der Waals surface area contributed by atoms with E-state index in [1.54, 1.807) is 30.3 Å². The summed E-state index contributed by atoms with van der Waals surface area (Å²) in [5.74, 6) is 0.112. The van der Waals surface area contributed by atoms with E-state index < -0.39 is 0 Å². The molecular formula is C15H14Cl2N2O2. The number of ether oxygens (including phenoxy) is 1. The zero-order valence-electron chi connectivity index (χ0n) is 11.3. The highest BCUT2D eigenvalue weighted by Gasteiger charge is 2.07. The van der Waals surface area contributed by atoms with Gasteiger partial charge >= 0.3 is 0 Å². The Morgan fingerprint density at radius 2 is 1.86 bits per heavy atom. The first kappa shape index (κ1) is 15.5. The summed E-state index contributed by atoms with van der Waals surface area (Å²) in [5, 5.41) is 3.57. The summed E-state index contributed by atoms with van der Waals surface area (Å²) < 4.78 is 5.34. The molecule has 0 atom stereocenters. The summed E-state index contributed by atoms with van der Waals surface area (Å²) in [7, 11) is 0. The molecule has 6 heteroatoms. The van der Waals surface area contributed by atoms with E-state index in [1.807, 2.05) is 13.0 Å². The molecule has 0 aliphatic rings. The average Bonchev–Trinajstić information content (AvgIpc) is 2.39. The molecule has 21 heavy (non-hydrogen) atoms. The Morgan fingerprint density at radius 3 is 2.48 bits per heavy atom. The maximum Gasteiger partial charge on any atom is 0.262 e. The number of rotatable bonds is 4. The van der Waals surface area contributed by atoms with E-state index in [2.05, 4.69) is 5.32 Å². The molecule has 0 aliphatic heterocycles. The monoisotopic (exact) mass is 324 g/mol. The fraction of sp³-hybridized carbons (Fsp3) is 0.133. The molecule has 0 unspecified atom stereocenters. The fourth-order valence-electron chi connectivity index (χ4n) is 1.74. The zero-order chi connectivity index (χ0) is 15.4. The van der Waals surface area contributed by atoms with Gasteiger partial charge in [0.05, 0.1) is 11.4 Å². The number of nitrogen functional groups attached to an aromatic ring is 1. The molecule has 3 N–H and O–H groups in total. The number of carbonyl (C=O) groups is 1. The molecule has 0 heterocycles. The maximum absolute atomic E-state index is 11.8. The first-order valence-corrected chi connectivity index (χ1v) is 6.94. The van der Waals surface area contributed by atoms with Crippen LogP contribution in [0.1, 0.15) is 5.56 Å². The summed E-state index contributed by atoms with van der Waals surface area (Å²) in [6, 6.07) is 10.2. The minimum absolute atomic E-state index is 0.163. The van der Waals surface area contributed by atoms with Crippen LogP contribution in [0.4, 0.5) is 11.4 Å². The number of anilines is 2. The van der Waals surface area contributed by atoms with Gasteiger partial charge in [-0.2, -0.15) is 0 Å². The van der Waals surface area contributed by atoms with E-state index in [0.29, 0.717) is 27.2 Å². The van der Waals surface area contributed by atoms with Gasteiger partial charge in [-0.15, -0.1) is 0 Å². The first-order valence-electron chi connectivity index (χ1n) is 6.19. The number of amides is 1. The highest BCUT2D eigenvalue weighted by atomic mass is 35.5. The van der Waals surface area contributed by atoms with E-state index in [1.165, 1.54) is 0 Å². The van der Waals surface area contributed by atoms with Crippen LogP contribution < -0.4 is 15.8 Å². The smallest absolute Gasteiger partial charge is 0.262 e. The molecule has 0 spiro atoms. The Hall–Kier alpha value is -1.91. The van der Waals surface area contributed by atoms with Crippen molar-refractivity contribution in [3.05, 3.63) is 52.0 Å². The average molecular weight is 325 g/mol. The molecular weight excluding hydrogens is 311 g/mol. The Kier molecular flexibility index (Phi) is 4.94. The predicted molar refractivity (Wildman–Crippen MR) is 86.2 cm³/mol. The fourth-order valence-corrected chi connectivity index (χ4v) is 2.25. The summed E-state index contributed by atoms with van der Waals surface area (Å²) in [4.78, 5) is 11.8. The topological polar surface area (TPSA) is 64.3 Å². The second-order valence-electron chi connectivity index (χ2n) is 4.53. The molecule has 0 bridgehead atoms. The third-order valence-corrected chi connectivity index (χ3v) is 3.12. The van der Waals surface area contributed by atoms with Gasteiger partial charge in [0.2, 0.25) is 0 Å². The van der Waals surface area contributed by atoms with Crippen LogP contribution in [0.25, 0.3) is 0 Å².